The third-order valence-corrected chi connectivity index (χ3v) is 3.54. The summed E-state index contributed by atoms with van der Waals surface area (Å²) in [6.45, 7) is 7.43. The van der Waals surface area contributed by atoms with Crippen molar-refractivity contribution in [1.29, 1.82) is 0 Å². The van der Waals surface area contributed by atoms with E-state index in [1.54, 1.807) is 0 Å². The molecule has 1 fully saturated rings. The van der Waals surface area contributed by atoms with Gasteiger partial charge in [0.2, 0.25) is 0 Å². The van der Waals surface area contributed by atoms with Gasteiger partial charge in [0.1, 0.15) is 11.5 Å². The lowest BCUT2D eigenvalue weighted by atomic mass is 10.1. The highest BCUT2D eigenvalue weighted by molar-refractivity contribution is 5.05. The van der Waals surface area contributed by atoms with Crippen LogP contribution >= 0.6 is 0 Å². The van der Waals surface area contributed by atoms with E-state index in [-0.39, 0.29) is 0 Å². The number of aryl methyl sites for hydroxylation is 1. The van der Waals surface area contributed by atoms with Crippen molar-refractivity contribution in [2.45, 2.75) is 25.9 Å². The molecule has 2 heterocycles. The fraction of sp³-hybridized carbons (Fsp3) is 0.714. The van der Waals surface area contributed by atoms with E-state index in [1.807, 2.05) is 13.0 Å². The van der Waals surface area contributed by atoms with Crippen LogP contribution in [0, 0.1) is 6.92 Å². The number of piperazine rings is 1. The predicted molar refractivity (Wildman–Crippen MR) is 73.7 cm³/mol. The maximum absolute atomic E-state index is 5.60. The first-order valence-electron chi connectivity index (χ1n) is 6.79. The van der Waals surface area contributed by atoms with E-state index in [0.29, 0.717) is 6.04 Å². The Kier molecular flexibility index (Phi) is 4.80. The van der Waals surface area contributed by atoms with E-state index in [1.165, 1.54) is 6.42 Å². The molecule has 1 aromatic heterocycles. The average Bonchev–Trinajstić information content (AvgIpc) is 2.72. The summed E-state index contributed by atoms with van der Waals surface area (Å²) in [7, 11) is 4.35. The monoisotopic (exact) mass is 251 g/mol. The smallest absolute Gasteiger partial charge is 0.118 e. The standard InChI is InChI=1S/C14H25N3O/c1-12-4-5-14(18-12)11-16(2)8-6-13-10-17(3)9-7-15-13/h4-5,13,15H,6-11H2,1-3H3. The SMILES string of the molecule is Cc1ccc(CN(C)CCC2CN(C)CCN2)o1. The normalized spacial score (nSPS) is 21.7. The molecule has 1 aromatic rings. The quantitative estimate of drug-likeness (QED) is 0.855. The number of rotatable bonds is 5. The van der Waals surface area contributed by atoms with Crippen LogP contribution in [0.4, 0.5) is 0 Å². The van der Waals surface area contributed by atoms with Crippen molar-refractivity contribution in [2.75, 3.05) is 40.3 Å². The van der Waals surface area contributed by atoms with E-state index in [4.69, 9.17) is 4.42 Å². The Morgan fingerprint density at radius 1 is 1.50 bits per heavy atom. The van der Waals surface area contributed by atoms with E-state index < -0.39 is 0 Å². The Hall–Kier alpha value is -0.840. The van der Waals surface area contributed by atoms with Gasteiger partial charge in [-0.1, -0.05) is 0 Å². The third kappa shape index (κ3) is 4.12. The fourth-order valence-corrected chi connectivity index (χ4v) is 2.48. The molecule has 1 atom stereocenters. The highest BCUT2D eigenvalue weighted by atomic mass is 16.3. The van der Waals surface area contributed by atoms with Gasteiger partial charge in [-0.05, 0) is 46.1 Å². The topological polar surface area (TPSA) is 31.6 Å². The summed E-state index contributed by atoms with van der Waals surface area (Å²) in [5.74, 6) is 2.05. The lowest BCUT2D eigenvalue weighted by molar-refractivity contribution is 0.208. The highest BCUT2D eigenvalue weighted by Gasteiger charge is 2.16. The summed E-state index contributed by atoms with van der Waals surface area (Å²) in [5.41, 5.74) is 0. The summed E-state index contributed by atoms with van der Waals surface area (Å²) in [6, 6.07) is 4.73. The summed E-state index contributed by atoms with van der Waals surface area (Å²) in [5, 5.41) is 3.58. The summed E-state index contributed by atoms with van der Waals surface area (Å²) >= 11 is 0. The van der Waals surface area contributed by atoms with Crippen LogP contribution < -0.4 is 5.32 Å². The van der Waals surface area contributed by atoms with Crippen LogP contribution in [-0.2, 0) is 6.54 Å². The van der Waals surface area contributed by atoms with Gasteiger partial charge in [0.25, 0.3) is 0 Å². The molecular formula is C14H25N3O. The number of hydrogen-bond acceptors (Lipinski definition) is 4. The van der Waals surface area contributed by atoms with Gasteiger partial charge in [0, 0.05) is 25.7 Å². The van der Waals surface area contributed by atoms with E-state index in [2.05, 4.69) is 35.3 Å². The molecule has 1 saturated heterocycles. The number of nitrogens with one attached hydrogen (secondary N) is 1. The maximum atomic E-state index is 5.60. The Labute approximate surface area is 110 Å². The van der Waals surface area contributed by atoms with Crippen LogP contribution in [0.15, 0.2) is 16.5 Å². The zero-order chi connectivity index (χ0) is 13.0. The molecule has 0 amide bonds. The van der Waals surface area contributed by atoms with Crippen molar-refractivity contribution >= 4 is 0 Å². The van der Waals surface area contributed by atoms with Gasteiger partial charge in [-0.15, -0.1) is 0 Å². The highest BCUT2D eigenvalue weighted by Crippen LogP contribution is 2.09. The summed E-state index contributed by atoms with van der Waals surface area (Å²) < 4.78 is 5.60. The second-order valence-electron chi connectivity index (χ2n) is 5.45. The van der Waals surface area contributed by atoms with E-state index in [9.17, 15) is 0 Å². The van der Waals surface area contributed by atoms with Gasteiger partial charge in [-0.25, -0.2) is 0 Å². The zero-order valence-corrected chi connectivity index (χ0v) is 11.8. The number of furan rings is 1. The molecule has 1 N–H and O–H groups in total. The number of nitrogens with zero attached hydrogens (tertiary/aromatic N) is 2. The summed E-state index contributed by atoms with van der Waals surface area (Å²) in [4.78, 5) is 4.73. The molecule has 4 nitrogen and oxygen atoms in total. The number of likely N-dealkylation sites (N-methyl/N-ethyl adjacent to an activating group) is 1. The summed E-state index contributed by atoms with van der Waals surface area (Å²) in [6.07, 6.45) is 1.19. The van der Waals surface area contributed by atoms with Gasteiger partial charge in [-0.3, -0.25) is 4.90 Å². The molecule has 0 saturated carbocycles. The van der Waals surface area contributed by atoms with Gasteiger partial charge in [0.05, 0.1) is 6.54 Å². The molecule has 0 aromatic carbocycles. The predicted octanol–water partition coefficient (Wildman–Crippen LogP) is 1.31. The van der Waals surface area contributed by atoms with Gasteiger partial charge in [0.15, 0.2) is 0 Å². The molecule has 0 radical (unpaired) electrons. The molecule has 0 bridgehead atoms. The zero-order valence-electron chi connectivity index (χ0n) is 11.8. The first-order chi connectivity index (χ1) is 8.63. The number of hydrogen-bond donors (Lipinski definition) is 1. The second kappa shape index (κ2) is 6.36. The molecule has 18 heavy (non-hydrogen) atoms. The van der Waals surface area contributed by atoms with E-state index in [0.717, 1.165) is 44.2 Å². The van der Waals surface area contributed by atoms with Crippen LogP contribution in [0.1, 0.15) is 17.9 Å². The molecule has 1 aliphatic heterocycles. The van der Waals surface area contributed by atoms with Crippen molar-refractivity contribution in [3.8, 4) is 0 Å². The molecular weight excluding hydrogens is 226 g/mol. The minimum atomic E-state index is 0.629. The Morgan fingerprint density at radius 2 is 2.33 bits per heavy atom. The van der Waals surface area contributed by atoms with Crippen LogP contribution in [0.25, 0.3) is 0 Å². The molecule has 1 unspecified atom stereocenters. The van der Waals surface area contributed by atoms with Crippen LogP contribution in [0.3, 0.4) is 0 Å². The maximum Gasteiger partial charge on any atom is 0.118 e. The van der Waals surface area contributed by atoms with Gasteiger partial charge < -0.3 is 14.6 Å². The second-order valence-corrected chi connectivity index (χ2v) is 5.45. The third-order valence-electron chi connectivity index (χ3n) is 3.54. The first-order valence-corrected chi connectivity index (χ1v) is 6.79. The minimum absolute atomic E-state index is 0.629. The van der Waals surface area contributed by atoms with Crippen molar-refractivity contribution in [1.82, 2.24) is 15.1 Å². The first kappa shape index (κ1) is 13.6. The minimum Gasteiger partial charge on any atom is -0.465 e. The molecule has 0 spiro atoms. The average molecular weight is 251 g/mol. The van der Waals surface area contributed by atoms with Crippen LogP contribution in [-0.4, -0.2) is 56.1 Å². The van der Waals surface area contributed by atoms with Crippen molar-refractivity contribution in [2.24, 2.45) is 0 Å². The Balaban J connectivity index is 1.69. The van der Waals surface area contributed by atoms with Gasteiger partial charge >= 0.3 is 0 Å². The van der Waals surface area contributed by atoms with Crippen molar-refractivity contribution in [3.05, 3.63) is 23.7 Å². The Morgan fingerprint density at radius 3 is 3.00 bits per heavy atom. The van der Waals surface area contributed by atoms with Crippen molar-refractivity contribution in [3.63, 3.8) is 0 Å². The lowest BCUT2D eigenvalue weighted by Crippen LogP contribution is -2.49. The Bertz CT molecular complexity index is 364. The fourth-order valence-electron chi connectivity index (χ4n) is 2.48. The molecule has 2 rings (SSSR count). The van der Waals surface area contributed by atoms with Crippen LogP contribution in [0.2, 0.25) is 0 Å². The van der Waals surface area contributed by atoms with Crippen molar-refractivity contribution < 1.29 is 4.42 Å². The lowest BCUT2D eigenvalue weighted by Gasteiger charge is -2.31. The van der Waals surface area contributed by atoms with Gasteiger partial charge in [-0.2, -0.15) is 0 Å². The van der Waals surface area contributed by atoms with E-state index >= 15 is 0 Å². The molecule has 102 valence electrons. The van der Waals surface area contributed by atoms with Crippen LogP contribution in [0.5, 0.6) is 0 Å². The molecule has 0 aliphatic carbocycles. The molecule has 1 aliphatic rings. The molecule has 4 heteroatoms. The largest absolute Gasteiger partial charge is 0.465 e.